The topological polar surface area (TPSA) is 103 Å². The van der Waals surface area contributed by atoms with Crippen LogP contribution in [0.25, 0.3) is 0 Å². The summed E-state index contributed by atoms with van der Waals surface area (Å²) in [4.78, 5) is 21.2. The van der Waals surface area contributed by atoms with Gasteiger partial charge in [-0.2, -0.15) is 9.97 Å². The highest BCUT2D eigenvalue weighted by Crippen LogP contribution is 2.32. The standard InChI is InChI=1S/C12H12N4O3S/c13-10-14-11(17)16-12(15-10)20-6-7-1-2-8-9(5-7)19-4-3-18-8/h1-2,5H,3-4,6H2,(H3,13,14,15,16,17). The highest BCUT2D eigenvalue weighted by molar-refractivity contribution is 7.98. The van der Waals surface area contributed by atoms with Crippen molar-refractivity contribution in [3.8, 4) is 11.5 Å². The SMILES string of the molecule is Nc1nc(SCc2ccc3c(c2)OCCO3)nc(=O)[nH]1. The Kier molecular flexibility index (Phi) is 3.46. The fourth-order valence-electron chi connectivity index (χ4n) is 1.77. The molecule has 7 nitrogen and oxygen atoms in total. The summed E-state index contributed by atoms with van der Waals surface area (Å²) >= 11 is 1.33. The first kappa shape index (κ1) is 12.8. The molecule has 20 heavy (non-hydrogen) atoms. The molecule has 0 bridgehead atoms. The number of anilines is 1. The minimum absolute atomic E-state index is 0.0645. The first-order valence-corrected chi connectivity index (χ1v) is 6.94. The van der Waals surface area contributed by atoms with Gasteiger partial charge in [0.15, 0.2) is 16.7 Å². The number of aromatic nitrogens is 3. The number of fused-ring (bicyclic) bond motifs is 1. The van der Waals surface area contributed by atoms with Gasteiger partial charge in [-0.05, 0) is 17.7 Å². The zero-order valence-corrected chi connectivity index (χ0v) is 11.3. The van der Waals surface area contributed by atoms with Crippen LogP contribution < -0.4 is 20.9 Å². The lowest BCUT2D eigenvalue weighted by Crippen LogP contribution is -2.15. The van der Waals surface area contributed by atoms with Gasteiger partial charge in [0.05, 0.1) is 0 Å². The van der Waals surface area contributed by atoms with Gasteiger partial charge in [-0.1, -0.05) is 17.8 Å². The first-order chi connectivity index (χ1) is 9.70. The maximum absolute atomic E-state index is 11.2. The summed E-state index contributed by atoms with van der Waals surface area (Å²) < 4.78 is 11.0. The third-order valence-electron chi connectivity index (χ3n) is 2.62. The second-order valence-corrected chi connectivity index (χ2v) is 5.03. The minimum Gasteiger partial charge on any atom is -0.486 e. The molecule has 0 aliphatic carbocycles. The van der Waals surface area contributed by atoms with Crippen molar-refractivity contribution in [2.24, 2.45) is 0 Å². The van der Waals surface area contributed by atoms with Crippen LogP contribution in [0.1, 0.15) is 5.56 Å². The molecule has 2 heterocycles. The van der Waals surface area contributed by atoms with E-state index in [0.717, 1.165) is 17.1 Å². The van der Waals surface area contributed by atoms with E-state index in [4.69, 9.17) is 15.2 Å². The van der Waals surface area contributed by atoms with Crippen molar-refractivity contribution in [3.05, 3.63) is 34.2 Å². The van der Waals surface area contributed by atoms with E-state index in [2.05, 4.69) is 15.0 Å². The predicted molar refractivity (Wildman–Crippen MR) is 74.1 cm³/mol. The summed E-state index contributed by atoms with van der Waals surface area (Å²) in [7, 11) is 0. The van der Waals surface area contributed by atoms with Crippen molar-refractivity contribution in [3.63, 3.8) is 0 Å². The second kappa shape index (κ2) is 5.41. The lowest BCUT2D eigenvalue weighted by molar-refractivity contribution is 0.171. The fourth-order valence-corrected chi connectivity index (χ4v) is 2.56. The lowest BCUT2D eigenvalue weighted by Gasteiger charge is -2.18. The highest BCUT2D eigenvalue weighted by Gasteiger charge is 2.12. The maximum atomic E-state index is 11.2. The highest BCUT2D eigenvalue weighted by atomic mass is 32.2. The molecule has 2 aromatic rings. The Morgan fingerprint density at radius 3 is 2.85 bits per heavy atom. The predicted octanol–water partition coefficient (Wildman–Crippen LogP) is 0.811. The van der Waals surface area contributed by atoms with E-state index in [-0.39, 0.29) is 5.95 Å². The summed E-state index contributed by atoms with van der Waals surface area (Å²) in [6.07, 6.45) is 0. The molecule has 0 saturated carbocycles. The minimum atomic E-state index is -0.498. The number of aromatic amines is 1. The molecule has 1 aliphatic rings. The number of nitrogens with one attached hydrogen (secondary N) is 1. The number of hydrogen-bond donors (Lipinski definition) is 2. The maximum Gasteiger partial charge on any atom is 0.350 e. The lowest BCUT2D eigenvalue weighted by atomic mass is 10.2. The van der Waals surface area contributed by atoms with Crippen molar-refractivity contribution < 1.29 is 9.47 Å². The quantitative estimate of drug-likeness (QED) is 0.807. The van der Waals surface area contributed by atoms with Gasteiger partial charge >= 0.3 is 5.69 Å². The smallest absolute Gasteiger partial charge is 0.350 e. The Hall–Kier alpha value is -2.22. The van der Waals surface area contributed by atoms with Crippen molar-refractivity contribution in [1.82, 2.24) is 15.0 Å². The fraction of sp³-hybridized carbons (Fsp3) is 0.250. The Morgan fingerprint density at radius 2 is 2.05 bits per heavy atom. The van der Waals surface area contributed by atoms with Gasteiger partial charge in [0.25, 0.3) is 0 Å². The van der Waals surface area contributed by atoms with Gasteiger partial charge in [-0.15, -0.1) is 0 Å². The van der Waals surface area contributed by atoms with Crippen LogP contribution in [0.15, 0.2) is 28.2 Å². The molecule has 0 amide bonds. The summed E-state index contributed by atoms with van der Waals surface area (Å²) in [5.41, 5.74) is 5.99. The van der Waals surface area contributed by atoms with Crippen LogP contribution in [0.3, 0.4) is 0 Å². The average molecular weight is 292 g/mol. The number of hydrogen-bond acceptors (Lipinski definition) is 7. The number of H-pyrrole nitrogens is 1. The number of benzene rings is 1. The van der Waals surface area contributed by atoms with E-state index in [1.54, 1.807) is 0 Å². The number of nitrogens with zero attached hydrogens (tertiary/aromatic N) is 2. The number of ether oxygens (including phenoxy) is 2. The third kappa shape index (κ3) is 2.85. The monoisotopic (exact) mass is 292 g/mol. The number of nitrogen functional groups attached to an aromatic ring is 1. The molecular weight excluding hydrogens is 280 g/mol. The van der Waals surface area contributed by atoms with Crippen LogP contribution in [0.5, 0.6) is 11.5 Å². The molecule has 0 unspecified atom stereocenters. The molecule has 0 spiro atoms. The average Bonchev–Trinajstić information content (AvgIpc) is 2.44. The molecule has 8 heteroatoms. The van der Waals surface area contributed by atoms with Gasteiger partial charge in [-0.25, -0.2) is 4.79 Å². The molecule has 1 aliphatic heterocycles. The summed E-state index contributed by atoms with van der Waals surface area (Å²) in [5, 5.41) is 0.348. The summed E-state index contributed by atoms with van der Waals surface area (Å²) in [6, 6.07) is 5.73. The molecule has 3 N–H and O–H groups in total. The number of thioether (sulfide) groups is 1. The van der Waals surface area contributed by atoms with Crippen LogP contribution in [-0.2, 0) is 5.75 Å². The number of nitrogens with two attached hydrogens (primary N) is 1. The van der Waals surface area contributed by atoms with E-state index in [1.165, 1.54) is 11.8 Å². The van der Waals surface area contributed by atoms with Crippen LogP contribution in [0.2, 0.25) is 0 Å². The molecule has 3 rings (SSSR count). The van der Waals surface area contributed by atoms with Crippen LogP contribution in [-0.4, -0.2) is 28.2 Å². The van der Waals surface area contributed by atoms with Gasteiger partial charge in [0.2, 0.25) is 5.95 Å². The zero-order chi connectivity index (χ0) is 13.9. The van der Waals surface area contributed by atoms with Gasteiger partial charge in [0.1, 0.15) is 13.2 Å². The van der Waals surface area contributed by atoms with E-state index in [9.17, 15) is 4.79 Å². The van der Waals surface area contributed by atoms with Crippen molar-refractivity contribution in [2.45, 2.75) is 10.9 Å². The Balaban J connectivity index is 1.73. The third-order valence-corrected chi connectivity index (χ3v) is 3.54. The van der Waals surface area contributed by atoms with Gasteiger partial charge < -0.3 is 15.2 Å². The summed E-state index contributed by atoms with van der Waals surface area (Å²) in [5.74, 6) is 2.16. The van der Waals surface area contributed by atoms with E-state index >= 15 is 0 Å². The van der Waals surface area contributed by atoms with Crippen LogP contribution in [0.4, 0.5) is 5.95 Å². The molecule has 104 valence electrons. The van der Waals surface area contributed by atoms with Gasteiger partial charge in [0, 0.05) is 5.75 Å². The van der Waals surface area contributed by atoms with E-state index in [0.29, 0.717) is 24.1 Å². The Labute approximate surface area is 118 Å². The van der Waals surface area contributed by atoms with E-state index in [1.807, 2.05) is 18.2 Å². The largest absolute Gasteiger partial charge is 0.486 e. The van der Waals surface area contributed by atoms with Gasteiger partial charge in [-0.3, -0.25) is 4.98 Å². The van der Waals surface area contributed by atoms with E-state index < -0.39 is 5.69 Å². The molecule has 0 radical (unpaired) electrons. The summed E-state index contributed by atoms with van der Waals surface area (Å²) in [6.45, 7) is 1.12. The normalized spacial score (nSPS) is 13.2. The zero-order valence-electron chi connectivity index (χ0n) is 10.5. The molecule has 1 aromatic heterocycles. The first-order valence-electron chi connectivity index (χ1n) is 5.96. The van der Waals surface area contributed by atoms with Crippen LogP contribution in [0, 0.1) is 0 Å². The molecule has 0 fully saturated rings. The van der Waals surface area contributed by atoms with Crippen molar-refractivity contribution in [2.75, 3.05) is 18.9 Å². The molecule has 0 saturated heterocycles. The van der Waals surface area contributed by atoms with Crippen molar-refractivity contribution in [1.29, 1.82) is 0 Å². The van der Waals surface area contributed by atoms with Crippen LogP contribution >= 0.6 is 11.8 Å². The Bertz CT molecular complexity index is 689. The van der Waals surface area contributed by atoms with Crippen molar-refractivity contribution >= 4 is 17.7 Å². The number of rotatable bonds is 3. The molecular formula is C12H12N4O3S. The molecule has 0 atom stereocenters. The molecule has 1 aromatic carbocycles. The second-order valence-electron chi connectivity index (χ2n) is 4.09. The Morgan fingerprint density at radius 1 is 1.25 bits per heavy atom.